The van der Waals surface area contributed by atoms with Crippen LogP contribution in [0.5, 0.6) is 5.88 Å². The number of carbonyl (C=O) groups excluding carboxylic acids is 1. The van der Waals surface area contributed by atoms with Crippen LogP contribution >= 0.6 is 0 Å². The molecule has 0 atom stereocenters. The molecule has 0 amide bonds. The molecule has 0 aliphatic heterocycles. The number of benzene rings is 2. The third kappa shape index (κ3) is 3.27. The van der Waals surface area contributed by atoms with Crippen molar-refractivity contribution >= 4 is 5.78 Å². The van der Waals surface area contributed by atoms with Crippen LogP contribution in [0.4, 0.5) is 26.3 Å². The van der Waals surface area contributed by atoms with Crippen molar-refractivity contribution in [1.82, 2.24) is 9.78 Å². The van der Waals surface area contributed by atoms with Gasteiger partial charge in [-0.05, 0) is 31.2 Å². The number of aromatic hydroxyl groups is 1. The van der Waals surface area contributed by atoms with Crippen molar-refractivity contribution in [3.63, 3.8) is 0 Å². The largest absolute Gasteiger partial charge is 0.493 e. The molecule has 0 spiro atoms. The van der Waals surface area contributed by atoms with E-state index in [0.717, 1.165) is 24.3 Å². The van der Waals surface area contributed by atoms with Crippen molar-refractivity contribution in [2.24, 2.45) is 0 Å². The number of rotatable bonds is 3. The van der Waals surface area contributed by atoms with E-state index in [1.54, 1.807) is 0 Å². The Morgan fingerprint density at radius 2 is 1.36 bits per heavy atom. The number of carbonyl (C=O) groups is 1. The van der Waals surface area contributed by atoms with E-state index >= 15 is 0 Å². The zero-order chi connectivity index (χ0) is 20.0. The summed E-state index contributed by atoms with van der Waals surface area (Å²) in [4.78, 5) is 12.5. The van der Waals surface area contributed by atoms with Gasteiger partial charge in [-0.2, -0.15) is 9.78 Å². The third-order valence-corrected chi connectivity index (χ3v) is 3.77. The van der Waals surface area contributed by atoms with Crippen LogP contribution in [0.25, 0.3) is 5.69 Å². The first-order chi connectivity index (χ1) is 12.6. The number of ketones is 1. The van der Waals surface area contributed by atoms with Crippen LogP contribution in [-0.2, 0) is 17.1 Å². The van der Waals surface area contributed by atoms with Crippen molar-refractivity contribution in [2.75, 3.05) is 0 Å². The minimum atomic E-state index is -2.38. The summed E-state index contributed by atoms with van der Waals surface area (Å²) in [6, 6.07) is 4.11. The Bertz CT molecular complexity index is 1050. The fraction of sp³-hybridized carbons (Fsp3) is 0.0588. The number of hydrogen-bond donors (Lipinski definition) is 1. The van der Waals surface area contributed by atoms with Crippen LogP contribution in [0.1, 0.15) is 21.6 Å². The summed E-state index contributed by atoms with van der Waals surface area (Å²) in [5, 5.41) is 13.7. The van der Waals surface area contributed by atoms with E-state index in [4.69, 9.17) is 0 Å². The van der Waals surface area contributed by atoms with Crippen LogP contribution in [0, 0.1) is 41.8 Å². The second kappa shape index (κ2) is 7.69. The Morgan fingerprint density at radius 3 is 1.86 bits per heavy atom. The molecule has 2 aromatic carbocycles. The maximum atomic E-state index is 14.0. The molecule has 3 aromatic rings. The molecule has 3 rings (SSSR count). The van der Waals surface area contributed by atoms with Crippen molar-refractivity contribution in [3.8, 4) is 11.6 Å². The zero-order valence-electron chi connectivity index (χ0n) is 13.6. The molecule has 0 bridgehead atoms. The average Bonchev–Trinajstić information content (AvgIpc) is 2.93. The smallest absolute Gasteiger partial charge is 0.226 e. The molecule has 28 heavy (non-hydrogen) atoms. The van der Waals surface area contributed by atoms with Gasteiger partial charge < -0.3 is 5.11 Å². The molecule has 0 saturated heterocycles. The zero-order valence-corrected chi connectivity index (χ0v) is 14.6. The fourth-order valence-electron chi connectivity index (χ4n) is 2.46. The first kappa shape index (κ1) is 21.5. The Balaban J connectivity index is 0.00000280. The van der Waals surface area contributed by atoms with Crippen molar-refractivity contribution < 1.29 is 53.3 Å². The van der Waals surface area contributed by atoms with Crippen LogP contribution < -0.4 is 0 Å². The standard InChI is InChI=1S/C17H8F6N2O2.Cu/c1-6-9(16(26)7-2-4-8(18)5-3-7)17(27)25(24-6)15-13(22)11(20)10(19)12(21)14(15)23;/h2-5,27H,1H3;. The molecular weight excluding hydrogens is 442 g/mol. The number of hydrogen-bond acceptors (Lipinski definition) is 3. The molecule has 0 unspecified atom stereocenters. The van der Waals surface area contributed by atoms with Crippen molar-refractivity contribution in [2.45, 2.75) is 6.92 Å². The average molecular weight is 450 g/mol. The minimum absolute atomic E-state index is 0. The molecule has 0 aliphatic rings. The van der Waals surface area contributed by atoms with Gasteiger partial charge in [0.05, 0.1) is 5.69 Å². The fourth-order valence-corrected chi connectivity index (χ4v) is 2.46. The van der Waals surface area contributed by atoms with Crippen molar-refractivity contribution in [3.05, 3.63) is 76.0 Å². The van der Waals surface area contributed by atoms with Gasteiger partial charge in [0.2, 0.25) is 11.7 Å². The van der Waals surface area contributed by atoms with E-state index < -0.39 is 57.8 Å². The first-order valence-electron chi connectivity index (χ1n) is 7.25. The maximum Gasteiger partial charge on any atom is 0.226 e. The van der Waals surface area contributed by atoms with Crippen LogP contribution in [-0.4, -0.2) is 20.7 Å². The van der Waals surface area contributed by atoms with Gasteiger partial charge in [-0.25, -0.2) is 26.3 Å². The summed E-state index contributed by atoms with van der Waals surface area (Å²) in [5.74, 6) is -14.0. The number of aromatic nitrogens is 2. The van der Waals surface area contributed by atoms with Gasteiger partial charge in [-0.15, -0.1) is 0 Å². The number of halogens is 6. The van der Waals surface area contributed by atoms with Gasteiger partial charge in [0, 0.05) is 22.6 Å². The predicted octanol–water partition coefficient (Wildman–Crippen LogP) is 3.95. The predicted molar refractivity (Wildman–Crippen MR) is 79.6 cm³/mol. The number of aryl methyl sites for hydroxylation is 1. The molecule has 0 fully saturated rings. The van der Waals surface area contributed by atoms with Gasteiger partial charge in [0.1, 0.15) is 17.1 Å². The molecule has 151 valence electrons. The molecule has 1 radical (unpaired) electrons. The first-order valence-corrected chi connectivity index (χ1v) is 7.25. The normalized spacial score (nSPS) is 10.7. The topological polar surface area (TPSA) is 55.1 Å². The molecule has 1 aromatic heterocycles. The number of nitrogens with zero attached hydrogens (tertiary/aromatic N) is 2. The molecule has 1 heterocycles. The van der Waals surface area contributed by atoms with E-state index in [0.29, 0.717) is 0 Å². The molecule has 0 saturated carbocycles. The second-order valence-corrected chi connectivity index (χ2v) is 5.45. The van der Waals surface area contributed by atoms with Crippen LogP contribution in [0.15, 0.2) is 24.3 Å². The Hall–Kier alpha value is -2.78. The molecule has 4 nitrogen and oxygen atoms in total. The Labute approximate surface area is 163 Å². The SMILES string of the molecule is Cc1nn(-c2c(F)c(F)c(F)c(F)c2F)c(O)c1C(=O)c1ccc(F)cc1.[Cu]. The van der Waals surface area contributed by atoms with E-state index in [1.165, 1.54) is 6.92 Å². The minimum Gasteiger partial charge on any atom is -0.493 e. The molecule has 1 N–H and O–H groups in total. The van der Waals surface area contributed by atoms with Gasteiger partial charge in [-0.1, -0.05) is 0 Å². The third-order valence-electron chi connectivity index (χ3n) is 3.77. The van der Waals surface area contributed by atoms with Crippen molar-refractivity contribution in [1.29, 1.82) is 0 Å². The molecule has 0 aliphatic carbocycles. The summed E-state index contributed by atoms with van der Waals surface area (Å²) in [6.45, 7) is 1.18. The van der Waals surface area contributed by atoms with E-state index in [9.17, 15) is 36.2 Å². The summed E-state index contributed by atoms with van der Waals surface area (Å²) in [7, 11) is 0. The molecule has 11 heteroatoms. The van der Waals surface area contributed by atoms with E-state index in [2.05, 4.69) is 5.10 Å². The summed E-state index contributed by atoms with van der Waals surface area (Å²) < 4.78 is 80.9. The molecular formula is C17H8CuF6N2O2. The maximum absolute atomic E-state index is 14.0. The quantitative estimate of drug-likeness (QED) is 0.217. The van der Waals surface area contributed by atoms with Crippen LogP contribution in [0.2, 0.25) is 0 Å². The van der Waals surface area contributed by atoms with E-state index in [-0.39, 0.29) is 33.0 Å². The van der Waals surface area contributed by atoms with Gasteiger partial charge >= 0.3 is 0 Å². The summed E-state index contributed by atoms with van der Waals surface area (Å²) in [6.07, 6.45) is 0. The Kier molecular flexibility index (Phi) is 5.91. The van der Waals surface area contributed by atoms with Gasteiger partial charge in [0.25, 0.3) is 0 Å². The monoisotopic (exact) mass is 449 g/mol. The van der Waals surface area contributed by atoms with Gasteiger partial charge in [0.15, 0.2) is 29.1 Å². The second-order valence-electron chi connectivity index (χ2n) is 5.45. The Morgan fingerprint density at radius 1 is 0.893 bits per heavy atom. The van der Waals surface area contributed by atoms with E-state index in [1.807, 2.05) is 0 Å². The summed E-state index contributed by atoms with van der Waals surface area (Å²) >= 11 is 0. The van der Waals surface area contributed by atoms with Gasteiger partial charge in [-0.3, -0.25) is 4.79 Å². The van der Waals surface area contributed by atoms with Crippen LogP contribution in [0.3, 0.4) is 0 Å². The summed E-state index contributed by atoms with van der Waals surface area (Å²) in [5.41, 5.74) is -2.41.